The van der Waals surface area contributed by atoms with E-state index in [2.05, 4.69) is 9.88 Å². The Labute approximate surface area is 106 Å². The van der Waals surface area contributed by atoms with Gasteiger partial charge in [0.1, 0.15) is 0 Å². The fourth-order valence-electron chi connectivity index (χ4n) is 2.10. The number of aliphatic hydroxyl groups excluding tert-OH is 1. The molecule has 0 radical (unpaired) electrons. The van der Waals surface area contributed by atoms with Gasteiger partial charge >= 0.3 is 0 Å². The molecule has 1 saturated heterocycles. The Hall–Kier alpha value is -0.650. The molecular formula is C12H20N2O2S. The zero-order valence-corrected chi connectivity index (χ0v) is 11.2. The Kier molecular flexibility index (Phi) is 4.36. The van der Waals surface area contributed by atoms with E-state index in [1.165, 1.54) is 0 Å². The number of nitrogens with zero attached hydrogens (tertiary/aromatic N) is 2. The fraction of sp³-hybridized carbons (Fsp3) is 0.750. The van der Waals surface area contributed by atoms with Crippen LogP contribution in [0.25, 0.3) is 0 Å². The lowest BCUT2D eigenvalue weighted by Crippen LogP contribution is -2.39. The number of aromatic nitrogens is 1. The normalized spacial score (nSPS) is 22.8. The molecule has 0 bridgehead atoms. The van der Waals surface area contributed by atoms with Crippen molar-refractivity contribution in [3.8, 4) is 0 Å². The first-order chi connectivity index (χ1) is 8.20. The second kappa shape index (κ2) is 5.80. The van der Waals surface area contributed by atoms with E-state index in [0.29, 0.717) is 6.10 Å². The number of hydrogen-bond acceptors (Lipinski definition) is 5. The molecule has 5 heteroatoms. The van der Waals surface area contributed by atoms with Crippen LogP contribution in [-0.2, 0) is 4.74 Å². The van der Waals surface area contributed by atoms with Gasteiger partial charge in [0.2, 0.25) is 0 Å². The van der Waals surface area contributed by atoms with Crippen molar-refractivity contribution < 1.29 is 9.84 Å². The lowest BCUT2D eigenvalue weighted by Gasteiger charge is -2.32. The maximum absolute atomic E-state index is 9.50. The molecule has 1 aromatic rings. The van der Waals surface area contributed by atoms with Crippen molar-refractivity contribution >= 4 is 16.5 Å². The Morgan fingerprint density at radius 2 is 2.53 bits per heavy atom. The topological polar surface area (TPSA) is 45.6 Å². The molecule has 1 fully saturated rings. The van der Waals surface area contributed by atoms with Crippen molar-refractivity contribution in [1.29, 1.82) is 0 Å². The van der Waals surface area contributed by atoms with Crippen LogP contribution < -0.4 is 4.90 Å². The van der Waals surface area contributed by atoms with Crippen molar-refractivity contribution in [2.75, 3.05) is 24.6 Å². The van der Waals surface area contributed by atoms with Crippen LogP contribution in [0.2, 0.25) is 0 Å². The van der Waals surface area contributed by atoms with E-state index in [0.717, 1.165) is 42.5 Å². The summed E-state index contributed by atoms with van der Waals surface area (Å²) >= 11 is 1.58. The summed E-state index contributed by atoms with van der Waals surface area (Å²) < 4.78 is 5.67. The SMILES string of the molecule is CCOC1CCCN(c2ncc(C(C)O)s2)C1. The zero-order chi connectivity index (χ0) is 12.3. The summed E-state index contributed by atoms with van der Waals surface area (Å²) in [6.07, 6.45) is 3.96. The third-order valence-electron chi connectivity index (χ3n) is 2.97. The molecule has 0 spiro atoms. The monoisotopic (exact) mass is 256 g/mol. The first-order valence-corrected chi connectivity index (χ1v) is 7.02. The molecule has 2 rings (SSSR count). The van der Waals surface area contributed by atoms with E-state index in [9.17, 15) is 5.11 Å². The van der Waals surface area contributed by atoms with Gasteiger partial charge in [0.05, 0.1) is 17.1 Å². The van der Waals surface area contributed by atoms with Gasteiger partial charge in [0.15, 0.2) is 5.13 Å². The van der Waals surface area contributed by atoms with Crippen LogP contribution in [0.4, 0.5) is 5.13 Å². The van der Waals surface area contributed by atoms with Crippen molar-refractivity contribution in [2.24, 2.45) is 0 Å². The second-order valence-electron chi connectivity index (χ2n) is 4.39. The number of hydrogen-bond donors (Lipinski definition) is 1. The Morgan fingerprint density at radius 3 is 3.18 bits per heavy atom. The van der Waals surface area contributed by atoms with E-state index in [1.54, 1.807) is 24.5 Å². The van der Waals surface area contributed by atoms with Crippen LogP contribution in [0.5, 0.6) is 0 Å². The average Bonchev–Trinajstić information content (AvgIpc) is 2.79. The number of thiazole rings is 1. The summed E-state index contributed by atoms with van der Waals surface area (Å²) in [7, 11) is 0. The highest BCUT2D eigenvalue weighted by molar-refractivity contribution is 7.15. The largest absolute Gasteiger partial charge is 0.388 e. The number of piperidine rings is 1. The summed E-state index contributed by atoms with van der Waals surface area (Å²) in [4.78, 5) is 7.58. The van der Waals surface area contributed by atoms with E-state index < -0.39 is 6.10 Å². The van der Waals surface area contributed by atoms with Crippen molar-refractivity contribution in [2.45, 2.75) is 38.9 Å². The van der Waals surface area contributed by atoms with Gasteiger partial charge < -0.3 is 14.7 Å². The molecule has 1 aliphatic rings. The highest BCUT2D eigenvalue weighted by Gasteiger charge is 2.22. The van der Waals surface area contributed by atoms with Gasteiger partial charge in [-0.25, -0.2) is 4.98 Å². The summed E-state index contributed by atoms with van der Waals surface area (Å²) in [6.45, 7) is 6.54. The van der Waals surface area contributed by atoms with E-state index in [-0.39, 0.29) is 0 Å². The summed E-state index contributed by atoms with van der Waals surface area (Å²) in [5.41, 5.74) is 0. The summed E-state index contributed by atoms with van der Waals surface area (Å²) in [5, 5.41) is 10.5. The lowest BCUT2D eigenvalue weighted by atomic mass is 10.1. The van der Waals surface area contributed by atoms with Crippen LogP contribution in [-0.4, -0.2) is 35.9 Å². The first kappa shape index (κ1) is 12.8. The number of ether oxygens (including phenoxy) is 1. The van der Waals surface area contributed by atoms with Crippen LogP contribution in [0.3, 0.4) is 0 Å². The molecule has 17 heavy (non-hydrogen) atoms. The molecule has 4 nitrogen and oxygen atoms in total. The highest BCUT2D eigenvalue weighted by atomic mass is 32.1. The predicted octanol–water partition coefficient (Wildman–Crippen LogP) is 2.20. The maximum Gasteiger partial charge on any atom is 0.185 e. The first-order valence-electron chi connectivity index (χ1n) is 6.21. The molecule has 1 aromatic heterocycles. The summed E-state index contributed by atoms with van der Waals surface area (Å²) in [5.74, 6) is 0. The Balaban J connectivity index is 2.00. The van der Waals surface area contributed by atoms with Gasteiger partial charge in [-0.3, -0.25) is 0 Å². The molecule has 2 unspecified atom stereocenters. The number of aliphatic hydroxyl groups is 1. The van der Waals surface area contributed by atoms with E-state index >= 15 is 0 Å². The van der Waals surface area contributed by atoms with Gasteiger partial charge in [-0.05, 0) is 26.7 Å². The van der Waals surface area contributed by atoms with Crippen molar-refractivity contribution in [3.63, 3.8) is 0 Å². The molecule has 96 valence electrons. The smallest absolute Gasteiger partial charge is 0.185 e. The minimum Gasteiger partial charge on any atom is -0.388 e. The molecule has 0 aromatic carbocycles. The molecule has 2 atom stereocenters. The van der Waals surface area contributed by atoms with Crippen LogP contribution in [0.15, 0.2) is 6.20 Å². The van der Waals surface area contributed by atoms with Crippen LogP contribution in [0.1, 0.15) is 37.7 Å². The molecule has 2 heterocycles. The molecular weight excluding hydrogens is 236 g/mol. The van der Waals surface area contributed by atoms with Crippen molar-refractivity contribution in [1.82, 2.24) is 4.98 Å². The molecule has 0 saturated carbocycles. The number of anilines is 1. The molecule has 0 aliphatic carbocycles. The Bertz CT molecular complexity index is 352. The van der Waals surface area contributed by atoms with Crippen molar-refractivity contribution in [3.05, 3.63) is 11.1 Å². The quantitative estimate of drug-likeness (QED) is 0.897. The molecule has 0 amide bonds. The van der Waals surface area contributed by atoms with Crippen LogP contribution in [0, 0.1) is 0 Å². The predicted molar refractivity (Wildman–Crippen MR) is 69.6 cm³/mol. The second-order valence-corrected chi connectivity index (χ2v) is 5.43. The van der Waals surface area contributed by atoms with Gasteiger partial charge in [0.25, 0.3) is 0 Å². The minimum absolute atomic E-state index is 0.327. The van der Waals surface area contributed by atoms with Gasteiger partial charge in [0, 0.05) is 25.9 Å². The third kappa shape index (κ3) is 3.18. The van der Waals surface area contributed by atoms with Gasteiger partial charge in [-0.1, -0.05) is 11.3 Å². The summed E-state index contributed by atoms with van der Waals surface area (Å²) in [6, 6.07) is 0. The van der Waals surface area contributed by atoms with Crippen LogP contribution >= 0.6 is 11.3 Å². The van der Waals surface area contributed by atoms with Gasteiger partial charge in [-0.15, -0.1) is 0 Å². The van der Waals surface area contributed by atoms with E-state index in [1.807, 2.05) is 6.92 Å². The van der Waals surface area contributed by atoms with E-state index in [4.69, 9.17) is 4.74 Å². The highest BCUT2D eigenvalue weighted by Crippen LogP contribution is 2.29. The Morgan fingerprint density at radius 1 is 1.71 bits per heavy atom. The fourth-order valence-corrected chi connectivity index (χ4v) is 2.99. The zero-order valence-electron chi connectivity index (χ0n) is 10.4. The third-order valence-corrected chi connectivity index (χ3v) is 4.20. The van der Waals surface area contributed by atoms with Gasteiger partial charge in [-0.2, -0.15) is 0 Å². The minimum atomic E-state index is -0.422. The maximum atomic E-state index is 9.50. The number of rotatable bonds is 4. The average molecular weight is 256 g/mol. The lowest BCUT2D eigenvalue weighted by molar-refractivity contribution is 0.0526. The molecule has 1 N–H and O–H groups in total. The molecule has 1 aliphatic heterocycles. The standard InChI is InChI=1S/C12H20N2O2S/c1-3-16-10-5-4-6-14(8-10)12-13-7-11(17-12)9(2)15/h7,9-10,15H,3-6,8H2,1-2H3.